The number of H-pyrrole nitrogens is 1. The van der Waals surface area contributed by atoms with Crippen LogP contribution in [0.5, 0.6) is 0 Å². The van der Waals surface area contributed by atoms with E-state index in [1.54, 1.807) is 17.6 Å². The van der Waals surface area contributed by atoms with E-state index in [9.17, 15) is 4.79 Å². The zero-order valence-corrected chi connectivity index (χ0v) is 17.1. The summed E-state index contributed by atoms with van der Waals surface area (Å²) in [5.74, 6) is 2.02. The molecule has 4 aromatic rings. The molecule has 4 aromatic heterocycles. The summed E-state index contributed by atoms with van der Waals surface area (Å²) in [5, 5.41) is 9.95. The molecule has 0 radical (unpaired) electrons. The Labute approximate surface area is 163 Å². The Bertz CT molecular complexity index is 1160. The number of aromatic nitrogens is 5. The Hall–Kier alpha value is -2.39. The summed E-state index contributed by atoms with van der Waals surface area (Å²) in [7, 11) is 0. The highest BCUT2D eigenvalue weighted by atomic mass is 32.2. The first-order chi connectivity index (χ1) is 13.0. The van der Waals surface area contributed by atoms with Gasteiger partial charge in [-0.3, -0.25) is 9.36 Å². The smallest absolute Gasteiger partial charge is 0.259 e. The van der Waals surface area contributed by atoms with E-state index in [1.165, 1.54) is 11.8 Å². The van der Waals surface area contributed by atoms with Crippen LogP contribution in [0.4, 0.5) is 0 Å². The van der Waals surface area contributed by atoms with Gasteiger partial charge in [0.05, 0.1) is 16.9 Å². The monoisotopic (exact) mass is 401 g/mol. The Balaban J connectivity index is 1.68. The van der Waals surface area contributed by atoms with Crippen LogP contribution in [0, 0.1) is 13.8 Å². The number of nitrogens with zero attached hydrogens (tertiary/aromatic N) is 4. The van der Waals surface area contributed by atoms with E-state index < -0.39 is 0 Å². The quantitative estimate of drug-likeness (QED) is 0.501. The number of nitrogens with one attached hydrogen (secondary N) is 1. The zero-order chi connectivity index (χ0) is 19.1. The average Bonchev–Trinajstić information content (AvgIpc) is 3.35. The normalized spacial score (nSPS) is 12.7. The minimum Gasteiger partial charge on any atom is -0.461 e. The van der Waals surface area contributed by atoms with Crippen LogP contribution in [-0.4, -0.2) is 24.7 Å². The summed E-state index contributed by atoms with van der Waals surface area (Å²) < 4.78 is 7.45. The van der Waals surface area contributed by atoms with Crippen LogP contribution in [0.3, 0.4) is 0 Å². The van der Waals surface area contributed by atoms with Crippen molar-refractivity contribution in [3.8, 4) is 11.6 Å². The summed E-state index contributed by atoms with van der Waals surface area (Å²) in [6.07, 6.45) is 1.62. The van der Waals surface area contributed by atoms with Crippen molar-refractivity contribution in [2.75, 3.05) is 0 Å². The van der Waals surface area contributed by atoms with Crippen LogP contribution in [0.2, 0.25) is 0 Å². The Morgan fingerprint density at radius 3 is 2.89 bits per heavy atom. The zero-order valence-electron chi connectivity index (χ0n) is 15.4. The van der Waals surface area contributed by atoms with Gasteiger partial charge in [-0.25, -0.2) is 4.98 Å². The average molecular weight is 402 g/mol. The van der Waals surface area contributed by atoms with Gasteiger partial charge < -0.3 is 9.40 Å². The number of aromatic amines is 1. The molecule has 4 rings (SSSR count). The summed E-state index contributed by atoms with van der Waals surface area (Å²) in [4.78, 5) is 22.1. The van der Waals surface area contributed by atoms with Crippen molar-refractivity contribution in [3.63, 3.8) is 0 Å². The van der Waals surface area contributed by atoms with Crippen molar-refractivity contribution in [3.05, 3.63) is 45.0 Å². The van der Waals surface area contributed by atoms with Gasteiger partial charge in [-0.1, -0.05) is 11.8 Å². The van der Waals surface area contributed by atoms with Gasteiger partial charge >= 0.3 is 0 Å². The van der Waals surface area contributed by atoms with E-state index in [2.05, 4.69) is 15.2 Å². The lowest BCUT2D eigenvalue weighted by atomic mass is 10.2. The van der Waals surface area contributed by atoms with Gasteiger partial charge in [-0.15, -0.1) is 21.5 Å². The fourth-order valence-electron chi connectivity index (χ4n) is 2.93. The molecule has 0 spiro atoms. The van der Waals surface area contributed by atoms with E-state index in [1.807, 2.05) is 44.4 Å². The predicted octanol–water partition coefficient (Wildman–Crippen LogP) is 4.33. The Morgan fingerprint density at radius 1 is 1.37 bits per heavy atom. The van der Waals surface area contributed by atoms with Crippen molar-refractivity contribution in [2.45, 2.75) is 44.6 Å². The van der Waals surface area contributed by atoms with Crippen LogP contribution < -0.4 is 5.56 Å². The number of thiophene rings is 1. The molecule has 0 aliphatic heterocycles. The molecule has 0 fully saturated rings. The van der Waals surface area contributed by atoms with Crippen molar-refractivity contribution >= 4 is 33.3 Å². The Kier molecular flexibility index (Phi) is 4.65. The molecule has 4 heterocycles. The second-order valence-corrected chi connectivity index (χ2v) is 8.71. The molecule has 0 aliphatic carbocycles. The number of hydrogen-bond acceptors (Lipinski definition) is 7. The third-order valence-corrected chi connectivity index (χ3v) is 6.69. The molecule has 9 heteroatoms. The van der Waals surface area contributed by atoms with Gasteiger partial charge in [-0.05, 0) is 45.4 Å². The van der Waals surface area contributed by atoms with E-state index in [4.69, 9.17) is 9.40 Å². The number of thioether (sulfide) groups is 1. The molecule has 0 saturated carbocycles. The molecule has 0 aliphatic rings. The van der Waals surface area contributed by atoms with Crippen molar-refractivity contribution in [2.24, 2.45) is 0 Å². The minimum absolute atomic E-state index is 0.0798. The van der Waals surface area contributed by atoms with Gasteiger partial charge in [0.1, 0.15) is 10.7 Å². The standard InChI is InChI=1S/C18H19N5O2S2/c1-5-23-15(12-7-6-8-25-12)21-22-18(23)27-11(4)14-19-16(24)13-9(2)10(3)26-17(13)20-14/h6-8,11H,5H2,1-4H3,(H,19,20,24). The maximum atomic E-state index is 12.5. The molecule has 1 unspecified atom stereocenters. The fraction of sp³-hybridized carbons (Fsp3) is 0.333. The first-order valence-corrected chi connectivity index (χ1v) is 10.3. The van der Waals surface area contributed by atoms with E-state index in [0.29, 0.717) is 29.3 Å². The highest BCUT2D eigenvalue weighted by molar-refractivity contribution is 7.99. The lowest BCUT2D eigenvalue weighted by molar-refractivity contribution is 0.567. The van der Waals surface area contributed by atoms with E-state index in [-0.39, 0.29) is 10.8 Å². The number of hydrogen-bond donors (Lipinski definition) is 1. The topological polar surface area (TPSA) is 89.6 Å². The van der Waals surface area contributed by atoms with Crippen LogP contribution >= 0.6 is 23.1 Å². The third-order valence-electron chi connectivity index (χ3n) is 4.50. The third kappa shape index (κ3) is 3.10. The molecule has 140 valence electrons. The summed E-state index contributed by atoms with van der Waals surface area (Å²) in [5.41, 5.74) is 0.918. The van der Waals surface area contributed by atoms with Crippen LogP contribution in [0.25, 0.3) is 21.8 Å². The molecule has 0 saturated heterocycles. The van der Waals surface area contributed by atoms with Crippen molar-refractivity contribution in [1.29, 1.82) is 0 Å². The number of rotatable bonds is 5. The van der Waals surface area contributed by atoms with Gasteiger partial charge in [0.2, 0.25) is 0 Å². The number of fused-ring (bicyclic) bond motifs is 1. The van der Waals surface area contributed by atoms with E-state index in [0.717, 1.165) is 20.4 Å². The van der Waals surface area contributed by atoms with Gasteiger partial charge in [-0.2, -0.15) is 0 Å². The molecule has 0 aromatic carbocycles. The molecular formula is C18H19N5O2S2. The number of aryl methyl sites for hydroxylation is 2. The highest BCUT2D eigenvalue weighted by Gasteiger charge is 2.21. The first kappa shape index (κ1) is 18.0. The molecule has 1 atom stereocenters. The predicted molar refractivity (Wildman–Crippen MR) is 107 cm³/mol. The molecular weight excluding hydrogens is 382 g/mol. The molecule has 1 N–H and O–H groups in total. The van der Waals surface area contributed by atoms with Crippen molar-refractivity contribution < 1.29 is 4.42 Å². The highest BCUT2D eigenvalue weighted by Crippen LogP contribution is 2.35. The molecule has 27 heavy (non-hydrogen) atoms. The van der Waals surface area contributed by atoms with Crippen LogP contribution in [-0.2, 0) is 6.54 Å². The van der Waals surface area contributed by atoms with Gasteiger partial charge in [0.15, 0.2) is 16.7 Å². The second-order valence-electron chi connectivity index (χ2n) is 6.20. The second kappa shape index (κ2) is 6.97. The fourth-order valence-corrected chi connectivity index (χ4v) is 4.93. The lowest BCUT2D eigenvalue weighted by Crippen LogP contribution is -2.12. The van der Waals surface area contributed by atoms with Gasteiger partial charge in [0.25, 0.3) is 5.56 Å². The summed E-state index contributed by atoms with van der Waals surface area (Å²) >= 11 is 3.07. The summed E-state index contributed by atoms with van der Waals surface area (Å²) in [6, 6.07) is 3.69. The van der Waals surface area contributed by atoms with Crippen molar-refractivity contribution in [1.82, 2.24) is 24.7 Å². The lowest BCUT2D eigenvalue weighted by Gasteiger charge is -2.11. The Morgan fingerprint density at radius 2 is 2.19 bits per heavy atom. The van der Waals surface area contributed by atoms with Crippen LogP contribution in [0.15, 0.2) is 32.8 Å². The SMILES string of the molecule is CCn1c(SC(C)c2nc3sc(C)c(C)c3c(=O)[nH]2)nnc1-c1ccco1. The molecule has 0 amide bonds. The minimum atomic E-state index is -0.0856. The summed E-state index contributed by atoms with van der Waals surface area (Å²) in [6.45, 7) is 8.73. The largest absolute Gasteiger partial charge is 0.461 e. The van der Waals surface area contributed by atoms with Crippen LogP contribution in [0.1, 0.15) is 35.4 Å². The molecule has 7 nitrogen and oxygen atoms in total. The van der Waals surface area contributed by atoms with E-state index >= 15 is 0 Å². The maximum Gasteiger partial charge on any atom is 0.259 e. The van der Waals surface area contributed by atoms with Gasteiger partial charge in [0, 0.05) is 11.4 Å². The molecule has 0 bridgehead atoms. The number of furan rings is 1. The maximum absolute atomic E-state index is 12.5. The first-order valence-electron chi connectivity index (χ1n) is 8.63.